The van der Waals surface area contributed by atoms with Crippen molar-refractivity contribution in [3.63, 3.8) is 0 Å². The van der Waals surface area contributed by atoms with Gasteiger partial charge in [0.2, 0.25) is 0 Å². The molecule has 0 spiro atoms. The molecule has 1 aliphatic rings. The van der Waals surface area contributed by atoms with Gasteiger partial charge in [0.1, 0.15) is 4.90 Å². The Bertz CT molecular complexity index is 860. The highest BCUT2D eigenvalue weighted by molar-refractivity contribution is 7.86. The summed E-state index contributed by atoms with van der Waals surface area (Å²) in [6.45, 7) is 0. The minimum Gasteiger partial charge on any atom is -0.282 e. The van der Waals surface area contributed by atoms with Crippen LogP contribution in [0.25, 0.3) is 0 Å². The lowest BCUT2D eigenvalue weighted by Crippen LogP contribution is -2.21. The van der Waals surface area contributed by atoms with Gasteiger partial charge in [0.15, 0.2) is 0 Å². The van der Waals surface area contributed by atoms with Crippen molar-refractivity contribution in [2.45, 2.75) is 11.3 Å². The molecule has 22 heavy (non-hydrogen) atoms. The van der Waals surface area contributed by atoms with E-state index >= 15 is 0 Å². The van der Waals surface area contributed by atoms with E-state index < -0.39 is 10.1 Å². The van der Waals surface area contributed by atoms with E-state index in [-0.39, 0.29) is 22.9 Å². The first-order chi connectivity index (χ1) is 10.5. The zero-order chi connectivity index (χ0) is 15.7. The van der Waals surface area contributed by atoms with Gasteiger partial charge in [0, 0.05) is 0 Å². The smallest absolute Gasteiger partial charge is 0.282 e. The molecule has 1 N–H and O–H groups in total. The molecule has 0 aliphatic carbocycles. The Morgan fingerprint density at radius 3 is 2.32 bits per heavy atom. The number of carbonyl (C=O) groups is 1. The van der Waals surface area contributed by atoms with Crippen LogP contribution < -0.4 is 5.01 Å². The van der Waals surface area contributed by atoms with E-state index in [4.69, 9.17) is 0 Å². The normalized spacial score (nSPS) is 15.0. The van der Waals surface area contributed by atoms with Crippen molar-refractivity contribution in [3.8, 4) is 0 Å². The van der Waals surface area contributed by atoms with E-state index in [1.165, 1.54) is 18.2 Å². The number of hydrazone groups is 1. The molecule has 1 heterocycles. The first-order valence-electron chi connectivity index (χ1n) is 6.49. The Labute approximate surface area is 127 Å². The highest BCUT2D eigenvalue weighted by Gasteiger charge is 2.30. The number of amides is 1. The van der Waals surface area contributed by atoms with Crippen molar-refractivity contribution in [3.05, 3.63) is 60.2 Å². The summed E-state index contributed by atoms with van der Waals surface area (Å²) in [5.41, 5.74) is 1.39. The van der Waals surface area contributed by atoms with Gasteiger partial charge in [-0.2, -0.15) is 18.5 Å². The number of para-hydroxylation sites is 1. The monoisotopic (exact) mass is 316 g/mol. The van der Waals surface area contributed by atoms with Gasteiger partial charge in [-0.1, -0.05) is 42.5 Å². The maximum Gasteiger partial charge on any atom is 0.296 e. The predicted molar refractivity (Wildman–Crippen MR) is 81.3 cm³/mol. The minimum atomic E-state index is -4.44. The zero-order valence-corrected chi connectivity index (χ0v) is 12.2. The van der Waals surface area contributed by atoms with Gasteiger partial charge >= 0.3 is 0 Å². The number of hydrogen-bond donors (Lipinski definition) is 1. The molecule has 6 nitrogen and oxygen atoms in total. The van der Waals surface area contributed by atoms with E-state index in [0.29, 0.717) is 5.71 Å². The highest BCUT2D eigenvalue weighted by atomic mass is 32.2. The summed E-state index contributed by atoms with van der Waals surface area (Å²) in [7, 11) is -4.44. The van der Waals surface area contributed by atoms with E-state index in [1.54, 1.807) is 6.07 Å². The van der Waals surface area contributed by atoms with Gasteiger partial charge < -0.3 is 0 Å². The molecular formula is C15H12N2O4S. The molecule has 7 heteroatoms. The fraction of sp³-hybridized carbons (Fsp3) is 0.0667. The van der Waals surface area contributed by atoms with Gasteiger partial charge in [0.25, 0.3) is 16.0 Å². The van der Waals surface area contributed by atoms with Gasteiger partial charge in [-0.15, -0.1) is 0 Å². The Morgan fingerprint density at radius 1 is 1.00 bits per heavy atom. The van der Waals surface area contributed by atoms with Crippen LogP contribution >= 0.6 is 0 Å². The lowest BCUT2D eigenvalue weighted by Gasteiger charge is -2.14. The van der Waals surface area contributed by atoms with Crippen LogP contribution in [-0.4, -0.2) is 24.6 Å². The Hall–Kier alpha value is -2.51. The van der Waals surface area contributed by atoms with Crippen molar-refractivity contribution in [2.24, 2.45) is 5.10 Å². The molecule has 1 amide bonds. The van der Waals surface area contributed by atoms with Gasteiger partial charge in [-0.25, -0.2) is 0 Å². The zero-order valence-electron chi connectivity index (χ0n) is 11.4. The molecule has 0 saturated heterocycles. The molecule has 0 bridgehead atoms. The molecule has 0 saturated carbocycles. The third-order valence-corrected chi connectivity index (χ3v) is 4.16. The maximum absolute atomic E-state index is 12.2. The molecule has 2 aromatic rings. The highest BCUT2D eigenvalue weighted by Crippen LogP contribution is 2.29. The first kappa shape index (κ1) is 14.4. The van der Waals surface area contributed by atoms with E-state index in [1.807, 2.05) is 30.3 Å². The summed E-state index contributed by atoms with van der Waals surface area (Å²) in [5, 5.41) is 5.23. The van der Waals surface area contributed by atoms with Crippen LogP contribution in [0, 0.1) is 0 Å². The van der Waals surface area contributed by atoms with Crippen molar-refractivity contribution in [2.75, 3.05) is 5.01 Å². The Balaban J connectivity index is 2.07. The summed E-state index contributed by atoms with van der Waals surface area (Å²) in [6.07, 6.45) is 0.0732. The topological polar surface area (TPSA) is 87.0 Å². The van der Waals surface area contributed by atoms with Crippen LogP contribution in [0.4, 0.5) is 5.69 Å². The van der Waals surface area contributed by atoms with Crippen LogP contribution in [0.2, 0.25) is 0 Å². The number of benzene rings is 2. The van der Waals surface area contributed by atoms with E-state index in [2.05, 4.69) is 5.10 Å². The van der Waals surface area contributed by atoms with Crippen LogP contribution in [0.5, 0.6) is 0 Å². The maximum atomic E-state index is 12.2. The molecule has 1 aliphatic heterocycles. The van der Waals surface area contributed by atoms with Crippen LogP contribution in [0.1, 0.15) is 12.0 Å². The third-order valence-electron chi connectivity index (χ3n) is 3.25. The average molecular weight is 316 g/mol. The van der Waals surface area contributed by atoms with Crippen LogP contribution in [0.3, 0.4) is 0 Å². The second-order valence-corrected chi connectivity index (χ2v) is 6.13. The van der Waals surface area contributed by atoms with Crippen LogP contribution in [0.15, 0.2) is 64.6 Å². The average Bonchev–Trinajstić information content (AvgIpc) is 2.89. The number of anilines is 1. The van der Waals surface area contributed by atoms with E-state index in [0.717, 1.165) is 10.6 Å². The number of rotatable bonds is 3. The summed E-state index contributed by atoms with van der Waals surface area (Å²) >= 11 is 0. The van der Waals surface area contributed by atoms with Gasteiger partial charge in [0.05, 0.1) is 17.8 Å². The number of nitrogens with zero attached hydrogens (tertiary/aromatic N) is 2. The minimum absolute atomic E-state index is 0.0425. The predicted octanol–water partition coefficient (Wildman–Crippen LogP) is 2.07. The van der Waals surface area contributed by atoms with Gasteiger partial charge in [-0.05, 0) is 17.7 Å². The largest absolute Gasteiger partial charge is 0.296 e. The third kappa shape index (κ3) is 2.63. The van der Waals surface area contributed by atoms with Crippen molar-refractivity contribution in [1.82, 2.24) is 0 Å². The van der Waals surface area contributed by atoms with Crippen molar-refractivity contribution in [1.29, 1.82) is 0 Å². The van der Waals surface area contributed by atoms with Crippen molar-refractivity contribution < 1.29 is 17.8 Å². The molecule has 112 valence electrons. The number of carbonyl (C=O) groups excluding carboxylic acids is 1. The second kappa shape index (κ2) is 5.36. The van der Waals surface area contributed by atoms with Gasteiger partial charge in [-0.3, -0.25) is 9.35 Å². The van der Waals surface area contributed by atoms with Crippen molar-refractivity contribution >= 4 is 27.4 Å². The van der Waals surface area contributed by atoms with Crippen LogP contribution in [-0.2, 0) is 14.9 Å². The molecule has 0 radical (unpaired) electrons. The fourth-order valence-corrected chi connectivity index (χ4v) is 2.93. The Morgan fingerprint density at radius 2 is 1.64 bits per heavy atom. The lowest BCUT2D eigenvalue weighted by atomic mass is 10.1. The quantitative estimate of drug-likeness (QED) is 0.878. The summed E-state index contributed by atoms with van der Waals surface area (Å²) in [5.74, 6) is -0.352. The van der Waals surface area contributed by atoms with E-state index in [9.17, 15) is 17.8 Å². The molecule has 0 fully saturated rings. The molecule has 0 unspecified atom stereocenters. The summed E-state index contributed by atoms with van der Waals surface area (Å²) in [4.78, 5) is 11.8. The molecule has 0 aromatic heterocycles. The second-order valence-electron chi connectivity index (χ2n) is 4.74. The summed E-state index contributed by atoms with van der Waals surface area (Å²) in [6, 6.07) is 14.9. The lowest BCUT2D eigenvalue weighted by molar-refractivity contribution is -0.116. The fourth-order valence-electron chi connectivity index (χ4n) is 2.26. The Kier molecular flexibility index (Phi) is 3.51. The first-order valence-corrected chi connectivity index (χ1v) is 7.93. The molecule has 2 aromatic carbocycles. The molecule has 3 rings (SSSR count). The number of hydrogen-bond acceptors (Lipinski definition) is 4. The molecule has 0 atom stereocenters. The standard InChI is InChI=1S/C15H12N2O4S/c18-15-10-12(11-6-2-1-3-7-11)16-17(15)13-8-4-5-9-14(13)22(19,20)21/h1-9H,10H2,(H,19,20,21). The SMILES string of the molecule is O=C1CC(c2ccccc2)=NN1c1ccccc1S(=O)(=O)O. The molecular weight excluding hydrogens is 304 g/mol. The summed E-state index contributed by atoms with van der Waals surface area (Å²) < 4.78 is 32.2.